The fourth-order valence-electron chi connectivity index (χ4n) is 4.77. The van der Waals surface area contributed by atoms with Crippen molar-refractivity contribution in [2.24, 2.45) is 0 Å². The van der Waals surface area contributed by atoms with Gasteiger partial charge in [0.15, 0.2) is 11.3 Å². The fraction of sp³-hybridized carbons (Fsp3) is 0.607. The molecule has 0 unspecified atom stereocenters. The second-order valence-corrected chi connectivity index (χ2v) is 18.4. The van der Waals surface area contributed by atoms with Gasteiger partial charge in [0, 0.05) is 51.1 Å². The molecule has 12 heteroatoms. The highest BCUT2D eigenvalue weighted by Gasteiger charge is 2.29. The van der Waals surface area contributed by atoms with Gasteiger partial charge >= 0.3 is 6.09 Å². The molecule has 1 saturated heterocycles. The Hall–Kier alpha value is -3.25. The van der Waals surface area contributed by atoms with Gasteiger partial charge in [0.25, 0.3) is 5.91 Å². The van der Waals surface area contributed by atoms with Gasteiger partial charge in [0.2, 0.25) is 0 Å². The summed E-state index contributed by atoms with van der Waals surface area (Å²) in [5.41, 5.74) is 4.08. The van der Waals surface area contributed by atoms with Gasteiger partial charge in [0.1, 0.15) is 18.7 Å². The maximum absolute atomic E-state index is 13.5. The van der Waals surface area contributed by atoms with Gasteiger partial charge in [-0.1, -0.05) is 19.6 Å². The molecule has 0 radical (unpaired) electrons. The molecule has 3 aromatic heterocycles. The molecule has 0 saturated carbocycles. The van der Waals surface area contributed by atoms with E-state index in [0.717, 1.165) is 34.1 Å². The number of pyridine rings is 1. The van der Waals surface area contributed by atoms with E-state index in [1.54, 1.807) is 14.1 Å². The molecule has 0 spiro atoms. The maximum atomic E-state index is 13.5. The van der Waals surface area contributed by atoms with Crippen LogP contribution in [0.25, 0.3) is 16.9 Å². The van der Waals surface area contributed by atoms with Crippen molar-refractivity contribution in [1.29, 1.82) is 0 Å². The first-order valence-electron chi connectivity index (χ1n) is 14.0. The molecule has 0 aromatic carbocycles. The lowest BCUT2D eigenvalue weighted by atomic mass is 10.0. The van der Waals surface area contributed by atoms with E-state index in [9.17, 15) is 9.59 Å². The molecular weight excluding hydrogens is 526 g/mol. The number of hydrogen-bond donors (Lipinski definition) is 1. The Morgan fingerprint density at radius 2 is 1.85 bits per heavy atom. The monoisotopic (exact) mass is 569 g/mol. The van der Waals surface area contributed by atoms with Gasteiger partial charge in [-0.3, -0.25) is 4.79 Å². The summed E-state index contributed by atoms with van der Waals surface area (Å²) >= 11 is 0. The number of ether oxygens (including phenoxy) is 2. The maximum Gasteiger partial charge on any atom is 0.410 e. The normalized spacial score (nSPS) is 15.1. The summed E-state index contributed by atoms with van der Waals surface area (Å²) in [6, 6.07) is 3.03. The van der Waals surface area contributed by atoms with E-state index in [0.29, 0.717) is 38.2 Å². The zero-order valence-corrected chi connectivity index (χ0v) is 26.1. The number of piperidine rings is 1. The number of likely N-dealkylation sites (tertiary alicyclic amines) is 1. The largest absolute Gasteiger partial charge is 0.444 e. The second kappa shape index (κ2) is 11.7. The molecule has 0 bridgehead atoms. The SMILES string of the molecule is Cc1c(C(=O)NC2CCN(C(=O)OC(C)(C)C)CC2)nn(COCC[Si](C)(C)C)c1-c1cc(C)c2ncnn2c1. The fourth-order valence-corrected chi connectivity index (χ4v) is 5.52. The van der Waals surface area contributed by atoms with Crippen LogP contribution in [-0.2, 0) is 16.2 Å². The molecule has 11 nitrogen and oxygen atoms in total. The van der Waals surface area contributed by atoms with Gasteiger partial charge in [-0.05, 0) is 65.1 Å². The van der Waals surface area contributed by atoms with Crippen molar-refractivity contribution in [2.45, 2.75) is 91.5 Å². The van der Waals surface area contributed by atoms with Crippen LogP contribution >= 0.6 is 0 Å². The van der Waals surface area contributed by atoms with Crippen LogP contribution in [0.1, 0.15) is 55.2 Å². The zero-order valence-electron chi connectivity index (χ0n) is 25.1. The Kier molecular flexibility index (Phi) is 8.69. The second-order valence-electron chi connectivity index (χ2n) is 12.8. The molecule has 1 aliphatic heterocycles. The molecule has 2 amide bonds. The van der Waals surface area contributed by atoms with Crippen LogP contribution in [0.2, 0.25) is 25.7 Å². The number of carbonyl (C=O) groups excluding carboxylic acids is 2. The van der Waals surface area contributed by atoms with Crippen molar-refractivity contribution in [2.75, 3.05) is 19.7 Å². The van der Waals surface area contributed by atoms with Crippen molar-refractivity contribution in [1.82, 2.24) is 34.6 Å². The van der Waals surface area contributed by atoms with E-state index in [2.05, 4.69) is 35.0 Å². The highest BCUT2D eigenvalue weighted by atomic mass is 28.3. The van der Waals surface area contributed by atoms with Crippen LogP contribution in [0.4, 0.5) is 4.79 Å². The Bertz CT molecular complexity index is 1360. The number of rotatable bonds is 8. The molecule has 0 aliphatic carbocycles. The summed E-state index contributed by atoms with van der Waals surface area (Å²) in [6.07, 6.45) is 4.43. The first-order chi connectivity index (χ1) is 18.7. The van der Waals surface area contributed by atoms with E-state index < -0.39 is 13.7 Å². The average molecular weight is 570 g/mol. The van der Waals surface area contributed by atoms with Gasteiger partial charge in [-0.2, -0.15) is 10.2 Å². The zero-order chi connectivity index (χ0) is 29.2. The van der Waals surface area contributed by atoms with Crippen molar-refractivity contribution < 1.29 is 19.1 Å². The van der Waals surface area contributed by atoms with E-state index in [1.165, 1.54) is 6.33 Å². The quantitative estimate of drug-likeness (QED) is 0.310. The van der Waals surface area contributed by atoms with Crippen LogP contribution in [0.3, 0.4) is 0 Å². The summed E-state index contributed by atoms with van der Waals surface area (Å²) in [4.78, 5) is 31.9. The third-order valence-electron chi connectivity index (χ3n) is 6.93. The van der Waals surface area contributed by atoms with E-state index in [1.807, 2.05) is 46.9 Å². The minimum atomic E-state index is -1.25. The molecule has 4 rings (SSSR count). The van der Waals surface area contributed by atoms with Crippen LogP contribution < -0.4 is 5.32 Å². The summed E-state index contributed by atoms with van der Waals surface area (Å²) in [7, 11) is -1.25. The molecule has 1 N–H and O–H groups in total. The van der Waals surface area contributed by atoms with Crippen LogP contribution in [0.5, 0.6) is 0 Å². The number of nitrogens with one attached hydrogen (secondary N) is 1. The molecule has 3 aromatic rings. The minimum Gasteiger partial charge on any atom is -0.444 e. The van der Waals surface area contributed by atoms with E-state index in [-0.39, 0.29) is 24.8 Å². The van der Waals surface area contributed by atoms with E-state index in [4.69, 9.17) is 14.6 Å². The van der Waals surface area contributed by atoms with Gasteiger partial charge in [-0.15, -0.1) is 0 Å². The molecule has 218 valence electrons. The van der Waals surface area contributed by atoms with Crippen molar-refractivity contribution in [3.05, 3.63) is 35.4 Å². The first kappa shape index (κ1) is 29.7. The predicted octanol–water partition coefficient (Wildman–Crippen LogP) is 4.65. The predicted molar refractivity (Wildman–Crippen MR) is 156 cm³/mol. The molecule has 0 atom stereocenters. The van der Waals surface area contributed by atoms with Gasteiger partial charge in [0.05, 0.1) is 5.69 Å². The lowest BCUT2D eigenvalue weighted by Gasteiger charge is -2.33. The Labute approximate surface area is 237 Å². The Morgan fingerprint density at radius 1 is 1.15 bits per heavy atom. The lowest BCUT2D eigenvalue weighted by molar-refractivity contribution is 0.0199. The number of fused-ring (bicyclic) bond motifs is 1. The number of amides is 2. The van der Waals surface area contributed by atoms with Crippen LogP contribution in [0, 0.1) is 13.8 Å². The topological polar surface area (TPSA) is 116 Å². The summed E-state index contributed by atoms with van der Waals surface area (Å²) in [5, 5.41) is 12.2. The number of aromatic nitrogens is 5. The third-order valence-corrected chi connectivity index (χ3v) is 8.63. The minimum absolute atomic E-state index is 0.0547. The molecule has 4 heterocycles. The Morgan fingerprint density at radius 3 is 2.50 bits per heavy atom. The summed E-state index contributed by atoms with van der Waals surface area (Å²) < 4.78 is 15.1. The standard InChI is InChI=1S/C28H43N7O4Si/c1-19-15-21(16-34-25(19)29-17-30-34)24-20(2)23(32-35(24)18-38-13-14-40(6,7)8)26(36)31-22-9-11-33(12-10-22)27(37)39-28(3,4)5/h15-17,22H,9-14,18H2,1-8H3,(H,31,36). The lowest BCUT2D eigenvalue weighted by Crippen LogP contribution is -2.48. The third kappa shape index (κ3) is 7.28. The molecule has 40 heavy (non-hydrogen) atoms. The Balaban J connectivity index is 1.52. The average Bonchev–Trinajstić information content (AvgIpc) is 3.45. The highest BCUT2D eigenvalue weighted by molar-refractivity contribution is 6.76. The number of carbonyl (C=O) groups is 2. The molecular formula is C28H43N7O4Si. The molecule has 1 fully saturated rings. The smallest absolute Gasteiger partial charge is 0.410 e. The summed E-state index contributed by atoms with van der Waals surface area (Å²) in [6.45, 7) is 18.4. The van der Waals surface area contributed by atoms with Crippen molar-refractivity contribution in [3.63, 3.8) is 0 Å². The number of nitrogens with zero attached hydrogens (tertiary/aromatic N) is 6. The highest BCUT2D eigenvalue weighted by Crippen LogP contribution is 2.28. The van der Waals surface area contributed by atoms with E-state index >= 15 is 0 Å². The molecule has 1 aliphatic rings. The van der Waals surface area contributed by atoms with Crippen LogP contribution in [-0.4, -0.2) is 80.7 Å². The first-order valence-corrected chi connectivity index (χ1v) is 17.7. The number of hydrogen-bond acceptors (Lipinski definition) is 7. The van der Waals surface area contributed by atoms with Gasteiger partial charge < -0.3 is 19.7 Å². The van der Waals surface area contributed by atoms with Gasteiger partial charge in [-0.25, -0.2) is 19.0 Å². The van der Waals surface area contributed by atoms with Crippen molar-refractivity contribution >= 4 is 25.7 Å². The number of aryl methyl sites for hydroxylation is 1. The van der Waals surface area contributed by atoms with Crippen LogP contribution in [0.15, 0.2) is 18.6 Å². The summed E-state index contributed by atoms with van der Waals surface area (Å²) in [5.74, 6) is -0.228. The van der Waals surface area contributed by atoms with Crippen molar-refractivity contribution in [3.8, 4) is 11.3 Å².